The van der Waals surface area contributed by atoms with E-state index in [9.17, 15) is 42.8 Å². The topological polar surface area (TPSA) is 355 Å². The van der Waals surface area contributed by atoms with Crippen LogP contribution in [-0.4, -0.2) is 91.6 Å². The Kier molecular flexibility index (Phi) is 15.9. The third kappa shape index (κ3) is 15.5. The van der Waals surface area contributed by atoms with Gasteiger partial charge in [-0.25, -0.2) is 9.98 Å². The number of nitrogens with one attached hydrogen (secondary N) is 2. The van der Waals surface area contributed by atoms with Crippen LogP contribution in [0.2, 0.25) is 15.3 Å². The Morgan fingerprint density at radius 2 is 1.00 bits per heavy atom. The van der Waals surface area contributed by atoms with Crippen molar-refractivity contribution >= 4 is 109 Å². The van der Waals surface area contributed by atoms with E-state index in [1.54, 1.807) is 0 Å². The summed E-state index contributed by atoms with van der Waals surface area (Å²) in [6.07, 6.45) is -0.323. The monoisotopic (exact) mass is 1010 g/mol. The molecule has 0 atom stereocenters. The lowest BCUT2D eigenvalue weighted by Crippen LogP contribution is -2.26. The molecular formula is C33H30Cl3N9O14S4. The van der Waals surface area contributed by atoms with Gasteiger partial charge in [0.15, 0.2) is 0 Å². The molecule has 0 spiro atoms. The van der Waals surface area contributed by atoms with E-state index in [4.69, 9.17) is 53.4 Å². The fraction of sp³-hybridized carbons (Fsp3) is 0.182. The number of H-pyrrole nitrogens is 2. The highest BCUT2D eigenvalue weighted by atomic mass is 35.5. The summed E-state index contributed by atoms with van der Waals surface area (Å²) in [5.74, 6) is -1.39. The predicted molar refractivity (Wildman–Crippen MR) is 225 cm³/mol. The molecule has 5 rings (SSSR count). The summed E-state index contributed by atoms with van der Waals surface area (Å²) in [7, 11) is -17.8. The first-order valence-electron chi connectivity index (χ1n) is 17.2. The maximum absolute atomic E-state index is 11.6. The zero-order chi connectivity index (χ0) is 46.2. The molecule has 63 heavy (non-hydrogen) atoms. The lowest BCUT2D eigenvalue weighted by Gasteiger charge is -2.11. The van der Waals surface area contributed by atoms with Gasteiger partial charge in [-0.05, 0) is 73.0 Å². The molecule has 0 aliphatic carbocycles. The van der Waals surface area contributed by atoms with Crippen LogP contribution in [0.4, 0.5) is 34.1 Å². The Labute approximate surface area is 372 Å². The second-order valence-corrected chi connectivity index (χ2v) is 19.6. The zero-order valence-corrected chi connectivity index (χ0v) is 37.0. The van der Waals surface area contributed by atoms with Crippen molar-refractivity contribution in [3.8, 4) is 11.5 Å². The molecule has 0 fully saturated rings. The largest absolute Gasteiger partial charge is 0.491 e. The highest BCUT2D eigenvalue weighted by Crippen LogP contribution is 2.40. The first-order chi connectivity index (χ1) is 29.4. The summed E-state index contributed by atoms with van der Waals surface area (Å²) >= 11 is 19.3. The molecule has 0 saturated heterocycles. The Morgan fingerprint density at radius 3 is 1.43 bits per heavy atom. The van der Waals surface area contributed by atoms with Crippen molar-refractivity contribution in [3.05, 3.63) is 99.4 Å². The van der Waals surface area contributed by atoms with Crippen LogP contribution in [0.25, 0.3) is 0 Å². The van der Waals surface area contributed by atoms with Gasteiger partial charge >= 0.3 is 0 Å². The molecule has 0 amide bonds. The van der Waals surface area contributed by atoms with Gasteiger partial charge in [0.1, 0.15) is 34.2 Å². The third-order valence-corrected chi connectivity index (χ3v) is 11.6. The normalized spacial score (nSPS) is 13.3. The fourth-order valence-corrected chi connectivity index (χ4v) is 7.40. The molecule has 0 radical (unpaired) electrons. The molecule has 30 heteroatoms. The molecule has 23 nitrogen and oxygen atoms in total. The van der Waals surface area contributed by atoms with Gasteiger partial charge < -0.3 is 14.5 Å². The van der Waals surface area contributed by atoms with E-state index in [-0.39, 0.29) is 98.2 Å². The first kappa shape index (κ1) is 48.8. The van der Waals surface area contributed by atoms with Crippen LogP contribution in [0, 0.1) is 0 Å². The van der Waals surface area contributed by atoms with E-state index in [2.05, 4.69) is 45.4 Å². The Balaban J connectivity index is 1.56. The SMILES string of the molecule is O=S(=O)(O)CCCOc1cc(N=Nc2cccc(S(=O)(=O)O)c2)c(Cl)cc1N=c1nc(Cl)[nH]c(=Nc2cc(Cl)c(N=Nc3cccc(S(=O)(=O)O)c3)cc2OCCCS(=O)(=O)O)[nH]1. The smallest absolute Gasteiger partial charge is 0.294 e. The van der Waals surface area contributed by atoms with Crippen LogP contribution in [0.1, 0.15) is 12.8 Å². The molecule has 0 unspecified atom stereocenters. The molecular weight excluding hydrogens is 981 g/mol. The van der Waals surface area contributed by atoms with Crippen molar-refractivity contribution in [2.24, 2.45) is 30.4 Å². The summed E-state index contributed by atoms with van der Waals surface area (Å²) in [4.78, 5) is 17.5. The molecule has 1 heterocycles. The lowest BCUT2D eigenvalue weighted by atomic mass is 10.2. The van der Waals surface area contributed by atoms with Crippen molar-refractivity contribution in [2.75, 3.05) is 24.7 Å². The number of aromatic nitrogens is 3. The number of hydrogen-bond acceptors (Lipinski definition) is 17. The highest BCUT2D eigenvalue weighted by Gasteiger charge is 2.16. The number of azo groups is 2. The highest BCUT2D eigenvalue weighted by molar-refractivity contribution is 7.86. The predicted octanol–water partition coefficient (Wildman–Crippen LogP) is 6.80. The van der Waals surface area contributed by atoms with Crippen LogP contribution in [0.15, 0.2) is 113 Å². The van der Waals surface area contributed by atoms with Crippen LogP contribution in [0.5, 0.6) is 11.5 Å². The van der Waals surface area contributed by atoms with E-state index < -0.39 is 61.8 Å². The molecule has 6 N–H and O–H groups in total. The quantitative estimate of drug-likeness (QED) is 0.0298. The average molecular weight is 1010 g/mol. The van der Waals surface area contributed by atoms with Gasteiger partial charge in [0.25, 0.3) is 40.5 Å². The van der Waals surface area contributed by atoms with Crippen molar-refractivity contribution in [1.82, 2.24) is 15.0 Å². The maximum Gasteiger partial charge on any atom is 0.294 e. The van der Waals surface area contributed by atoms with Crippen molar-refractivity contribution in [3.63, 3.8) is 0 Å². The molecule has 336 valence electrons. The van der Waals surface area contributed by atoms with Crippen LogP contribution < -0.4 is 20.7 Å². The zero-order valence-electron chi connectivity index (χ0n) is 31.4. The number of rotatable bonds is 18. The second-order valence-electron chi connectivity index (χ2n) is 12.4. The molecule has 0 saturated carbocycles. The number of benzene rings is 4. The summed E-state index contributed by atoms with van der Waals surface area (Å²) in [6.45, 7) is -0.527. The Hall–Kier alpha value is -5.20. The van der Waals surface area contributed by atoms with Gasteiger partial charge in [-0.1, -0.05) is 35.3 Å². The van der Waals surface area contributed by atoms with Crippen LogP contribution in [-0.2, 0) is 40.5 Å². The van der Waals surface area contributed by atoms with Crippen LogP contribution in [0.3, 0.4) is 0 Å². The molecule has 0 aliphatic heterocycles. The molecule has 5 aromatic rings. The summed E-state index contributed by atoms with van der Waals surface area (Å²) in [5, 5.41) is 15.6. The molecule has 0 bridgehead atoms. The van der Waals surface area contributed by atoms with Crippen molar-refractivity contribution in [2.45, 2.75) is 22.6 Å². The van der Waals surface area contributed by atoms with E-state index >= 15 is 0 Å². The average Bonchev–Trinajstić information content (AvgIpc) is 3.17. The summed E-state index contributed by atoms with van der Waals surface area (Å²) in [6, 6.07) is 14.9. The van der Waals surface area contributed by atoms with E-state index in [0.29, 0.717) is 0 Å². The fourth-order valence-electron chi connectivity index (χ4n) is 4.83. The van der Waals surface area contributed by atoms with Gasteiger partial charge in [-0.3, -0.25) is 23.2 Å². The minimum absolute atomic E-state index is 0.0114. The van der Waals surface area contributed by atoms with Crippen molar-refractivity contribution in [1.29, 1.82) is 0 Å². The number of ether oxygens (including phenoxy) is 2. The summed E-state index contributed by atoms with van der Waals surface area (Å²) < 4.78 is 140. The maximum atomic E-state index is 11.6. The van der Waals surface area contributed by atoms with Gasteiger partial charge in [0.2, 0.25) is 16.5 Å². The van der Waals surface area contributed by atoms with E-state index in [1.807, 2.05) is 0 Å². The van der Waals surface area contributed by atoms with E-state index in [1.165, 1.54) is 48.5 Å². The lowest BCUT2D eigenvalue weighted by molar-refractivity contribution is 0.317. The summed E-state index contributed by atoms with van der Waals surface area (Å²) in [5.41, 5.74) is -0.415. The molecule has 4 aromatic carbocycles. The van der Waals surface area contributed by atoms with Gasteiger partial charge in [-0.2, -0.15) is 48.9 Å². The van der Waals surface area contributed by atoms with Gasteiger partial charge in [-0.15, -0.1) is 10.2 Å². The Morgan fingerprint density at radius 1 is 0.556 bits per heavy atom. The Bertz CT molecular complexity index is 2990. The molecule has 0 aliphatic rings. The number of nitrogens with zero attached hydrogens (tertiary/aromatic N) is 7. The first-order valence-corrected chi connectivity index (χ1v) is 24.4. The number of aromatic amines is 2. The molecule has 1 aromatic heterocycles. The standard InChI is InChI=1S/C33H30Cl3N9O14S4/c34-23-15-27(29(58-9-3-11-60(46,47)48)17-25(23)44-42-19-5-1-7-21(13-19)62(52,53)54)37-32-39-31(36)40-33(41-32)38-28-16-24(35)26(18-30(28)59-10-4-12-61(49,50)51)45-43-20-6-2-8-22(14-20)63(55,56)57/h1-2,5-8,13-18H,3-4,9-12H2,(H,46,47,48)(H,49,50,51)(H,52,53,54)(H,55,56,57)(H2,37,38,39,40,41). The van der Waals surface area contributed by atoms with Gasteiger partial charge in [0.05, 0.1) is 55.9 Å². The van der Waals surface area contributed by atoms with Gasteiger partial charge in [0, 0.05) is 12.1 Å². The minimum atomic E-state index is -4.55. The van der Waals surface area contributed by atoms with Crippen molar-refractivity contribution < 1.29 is 61.4 Å². The number of hydrogen-bond donors (Lipinski definition) is 6. The third-order valence-electron chi connectivity index (χ3n) is 7.56. The number of halogens is 3. The minimum Gasteiger partial charge on any atom is -0.491 e. The van der Waals surface area contributed by atoms with E-state index in [0.717, 1.165) is 24.3 Å². The second kappa shape index (κ2) is 20.5. The van der Waals surface area contributed by atoms with Crippen LogP contribution >= 0.6 is 34.8 Å².